The minimum absolute atomic E-state index is 0.564. The molecule has 0 atom stereocenters. The predicted molar refractivity (Wildman–Crippen MR) is 64.0 cm³/mol. The Bertz CT molecular complexity index is 437. The van der Waals surface area contributed by atoms with Crippen LogP contribution in [0.2, 0.25) is 0 Å². The molecule has 100 valence electrons. The topological polar surface area (TPSA) is 12.5 Å². The second-order valence-electron chi connectivity index (χ2n) is 4.53. The molecule has 0 bridgehead atoms. The van der Waals surface area contributed by atoms with Crippen LogP contribution in [0, 0.1) is 13.8 Å². The van der Waals surface area contributed by atoms with E-state index < -0.39 is 11.7 Å². The van der Waals surface area contributed by atoms with Crippen molar-refractivity contribution in [3.63, 3.8) is 0 Å². The number of aryl methyl sites for hydroxylation is 1. The van der Waals surface area contributed by atoms with Crippen LogP contribution in [0.15, 0.2) is 12.1 Å². The summed E-state index contributed by atoms with van der Waals surface area (Å²) < 4.78 is 43.6. The van der Waals surface area contributed by atoms with Crippen LogP contribution in [0.3, 0.4) is 0 Å². The monoisotopic (exact) mass is 259 g/mol. The largest absolute Gasteiger partial charge is 0.416 e. The lowest BCUT2D eigenvalue weighted by molar-refractivity contribution is -0.137. The zero-order chi connectivity index (χ0) is 13.3. The van der Waals surface area contributed by atoms with Gasteiger partial charge in [0, 0.05) is 18.8 Å². The summed E-state index contributed by atoms with van der Waals surface area (Å²) in [5.41, 5.74) is 1.67. The van der Waals surface area contributed by atoms with Crippen LogP contribution < -0.4 is 4.90 Å². The molecule has 0 radical (unpaired) electrons. The van der Waals surface area contributed by atoms with Crippen molar-refractivity contribution in [3.05, 3.63) is 28.8 Å². The Hall–Kier alpha value is -1.23. The van der Waals surface area contributed by atoms with E-state index in [9.17, 15) is 13.2 Å². The van der Waals surface area contributed by atoms with Crippen LogP contribution in [-0.2, 0) is 10.9 Å². The number of anilines is 1. The van der Waals surface area contributed by atoms with Gasteiger partial charge in [0.05, 0.1) is 18.8 Å². The number of ether oxygens (including phenoxy) is 1. The summed E-state index contributed by atoms with van der Waals surface area (Å²) in [6.07, 6.45) is -4.29. The number of alkyl halides is 3. The highest BCUT2D eigenvalue weighted by Gasteiger charge is 2.32. The van der Waals surface area contributed by atoms with Gasteiger partial charge in [-0.3, -0.25) is 0 Å². The number of hydrogen-bond donors (Lipinski definition) is 0. The Morgan fingerprint density at radius 1 is 1.11 bits per heavy atom. The summed E-state index contributed by atoms with van der Waals surface area (Å²) in [5.74, 6) is 0. The Morgan fingerprint density at radius 3 is 2.28 bits per heavy atom. The van der Waals surface area contributed by atoms with Crippen LogP contribution in [0.4, 0.5) is 18.9 Å². The minimum atomic E-state index is -4.29. The molecule has 1 aliphatic rings. The van der Waals surface area contributed by atoms with Crippen molar-refractivity contribution in [2.24, 2.45) is 0 Å². The molecule has 1 aromatic rings. The summed E-state index contributed by atoms with van der Waals surface area (Å²) in [5, 5.41) is 0. The van der Waals surface area contributed by atoms with Gasteiger partial charge in [-0.1, -0.05) is 0 Å². The average molecular weight is 259 g/mol. The van der Waals surface area contributed by atoms with Gasteiger partial charge in [0.25, 0.3) is 0 Å². The standard InChI is InChI=1S/C13H16F3NO/c1-9-7-11(13(14,15)16)8-12(10(9)2)17-3-5-18-6-4-17/h7-8H,3-6H2,1-2H3. The molecule has 1 fully saturated rings. The molecule has 0 aliphatic carbocycles. The minimum Gasteiger partial charge on any atom is -0.378 e. The van der Waals surface area contributed by atoms with E-state index in [1.54, 1.807) is 6.92 Å². The summed E-state index contributed by atoms with van der Waals surface area (Å²) in [6.45, 7) is 5.99. The average Bonchev–Trinajstić information content (AvgIpc) is 2.32. The molecule has 0 saturated carbocycles. The van der Waals surface area contributed by atoms with Crippen molar-refractivity contribution < 1.29 is 17.9 Å². The summed E-state index contributed by atoms with van der Waals surface area (Å²) in [4.78, 5) is 1.96. The molecule has 1 heterocycles. The molecule has 1 aliphatic heterocycles. The Labute approximate surface area is 104 Å². The molecule has 0 amide bonds. The Kier molecular flexibility index (Phi) is 3.52. The zero-order valence-corrected chi connectivity index (χ0v) is 10.5. The van der Waals surface area contributed by atoms with Crippen LogP contribution in [0.5, 0.6) is 0 Å². The highest BCUT2D eigenvalue weighted by atomic mass is 19.4. The molecule has 18 heavy (non-hydrogen) atoms. The first-order valence-electron chi connectivity index (χ1n) is 5.91. The normalized spacial score (nSPS) is 17.1. The van der Waals surface area contributed by atoms with Crippen molar-refractivity contribution in [1.82, 2.24) is 0 Å². The summed E-state index contributed by atoms with van der Waals surface area (Å²) in [6, 6.07) is 2.45. The smallest absolute Gasteiger partial charge is 0.378 e. The summed E-state index contributed by atoms with van der Waals surface area (Å²) >= 11 is 0. The van der Waals surface area contributed by atoms with E-state index in [4.69, 9.17) is 4.74 Å². The molecular weight excluding hydrogens is 243 g/mol. The maximum absolute atomic E-state index is 12.8. The van der Waals surface area contributed by atoms with E-state index in [0.29, 0.717) is 37.6 Å². The van der Waals surface area contributed by atoms with Gasteiger partial charge >= 0.3 is 6.18 Å². The first-order valence-corrected chi connectivity index (χ1v) is 5.91. The van der Waals surface area contributed by atoms with E-state index in [-0.39, 0.29) is 0 Å². The first-order chi connectivity index (χ1) is 8.39. The number of hydrogen-bond acceptors (Lipinski definition) is 2. The van der Waals surface area contributed by atoms with Crippen LogP contribution in [0.1, 0.15) is 16.7 Å². The molecule has 1 saturated heterocycles. The van der Waals surface area contributed by atoms with Crippen molar-refractivity contribution in [1.29, 1.82) is 0 Å². The summed E-state index contributed by atoms with van der Waals surface area (Å²) in [7, 11) is 0. The molecule has 0 N–H and O–H groups in total. The fourth-order valence-electron chi connectivity index (χ4n) is 2.14. The lowest BCUT2D eigenvalue weighted by Crippen LogP contribution is -2.36. The molecule has 0 unspecified atom stereocenters. The maximum atomic E-state index is 12.8. The van der Waals surface area contributed by atoms with Gasteiger partial charge in [-0.15, -0.1) is 0 Å². The molecular formula is C13H16F3NO. The van der Waals surface area contributed by atoms with Crippen LogP contribution in [0.25, 0.3) is 0 Å². The van der Waals surface area contributed by atoms with Crippen molar-refractivity contribution in [2.75, 3.05) is 31.2 Å². The Balaban J connectivity index is 2.42. The van der Waals surface area contributed by atoms with Crippen molar-refractivity contribution in [2.45, 2.75) is 20.0 Å². The van der Waals surface area contributed by atoms with E-state index >= 15 is 0 Å². The lowest BCUT2D eigenvalue weighted by Gasteiger charge is -2.31. The van der Waals surface area contributed by atoms with Gasteiger partial charge in [-0.2, -0.15) is 13.2 Å². The molecule has 2 nitrogen and oxygen atoms in total. The fraction of sp³-hybridized carbons (Fsp3) is 0.538. The number of morpholine rings is 1. The highest BCUT2D eigenvalue weighted by molar-refractivity contribution is 5.58. The van der Waals surface area contributed by atoms with Gasteiger partial charge in [0.15, 0.2) is 0 Å². The molecule has 5 heteroatoms. The van der Waals surface area contributed by atoms with Gasteiger partial charge in [0.2, 0.25) is 0 Å². The molecule has 1 aromatic carbocycles. The van der Waals surface area contributed by atoms with Crippen LogP contribution >= 0.6 is 0 Å². The fourth-order valence-corrected chi connectivity index (χ4v) is 2.14. The molecule has 0 spiro atoms. The lowest BCUT2D eigenvalue weighted by atomic mass is 10.0. The second-order valence-corrected chi connectivity index (χ2v) is 4.53. The third-order valence-electron chi connectivity index (χ3n) is 3.32. The third kappa shape index (κ3) is 2.61. The molecule has 2 rings (SSSR count). The first kappa shape index (κ1) is 13.2. The SMILES string of the molecule is Cc1cc(C(F)(F)F)cc(N2CCOCC2)c1C. The number of rotatable bonds is 1. The van der Waals surface area contributed by atoms with Crippen molar-refractivity contribution >= 4 is 5.69 Å². The third-order valence-corrected chi connectivity index (χ3v) is 3.32. The van der Waals surface area contributed by atoms with E-state index in [1.807, 2.05) is 11.8 Å². The van der Waals surface area contributed by atoms with Crippen LogP contribution in [-0.4, -0.2) is 26.3 Å². The maximum Gasteiger partial charge on any atom is 0.416 e. The number of halogens is 3. The van der Waals surface area contributed by atoms with Gasteiger partial charge in [-0.25, -0.2) is 0 Å². The highest BCUT2D eigenvalue weighted by Crippen LogP contribution is 2.35. The van der Waals surface area contributed by atoms with Gasteiger partial charge in [-0.05, 0) is 37.1 Å². The van der Waals surface area contributed by atoms with Crippen molar-refractivity contribution in [3.8, 4) is 0 Å². The van der Waals surface area contributed by atoms with Gasteiger partial charge < -0.3 is 9.64 Å². The van der Waals surface area contributed by atoms with Gasteiger partial charge in [0.1, 0.15) is 0 Å². The molecule has 0 aromatic heterocycles. The second kappa shape index (κ2) is 4.80. The predicted octanol–water partition coefficient (Wildman–Crippen LogP) is 3.16. The van der Waals surface area contributed by atoms with E-state index in [2.05, 4.69) is 0 Å². The van der Waals surface area contributed by atoms with E-state index in [0.717, 1.165) is 5.56 Å². The number of nitrogens with zero attached hydrogens (tertiary/aromatic N) is 1. The van der Waals surface area contributed by atoms with E-state index in [1.165, 1.54) is 12.1 Å². The number of benzene rings is 1. The quantitative estimate of drug-likeness (QED) is 0.768. The Morgan fingerprint density at radius 2 is 1.72 bits per heavy atom. The zero-order valence-electron chi connectivity index (χ0n) is 10.5.